The summed E-state index contributed by atoms with van der Waals surface area (Å²) in [4.78, 5) is 25.3. The van der Waals surface area contributed by atoms with Gasteiger partial charge in [-0.15, -0.1) is 0 Å². The molecule has 0 radical (unpaired) electrons. The molecule has 240 valence electrons. The molecular formula is C34H36N4O7S. The first-order valence-corrected chi connectivity index (χ1v) is 15.7. The lowest BCUT2D eigenvalue weighted by Crippen LogP contribution is -2.39. The van der Waals surface area contributed by atoms with E-state index in [0.29, 0.717) is 17.1 Å². The largest absolute Gasteiger partial charge is 0.497 e. The maximum absolute atomic E-state index is 13.8. The Balaban J connectivity index is 1.39. The molecule has 12 heteroatoms. The summed E-state index contributed by atoms with van der Waals surface area (Å²) < 4.78 is 44.8. The first-order chi connectivity index (χ1) is 22.1. The first kappa shape index (κ1) is 33.5. The van der Waals surface area contributed by atoms with Crippen LogP contribution in [0, 0.1) is 6.92 Å². The van der Waals surface area contributed by atoms with Crippen molar-refractivity contribution in [3.05, 3.63) is 114 Å². The number of methoxy groups -OCH3 is 2. The van der Waals surface area contributed by atoms with Crippen molar-refractivity contribution in [3.63, 3.8) is 0 Å². The highest BCUT2D eigenvalue weighted by Gasteiger charge is 2.30. The van der Waals surface area contributed by atoms with Crippen molar-refractivity contribution in [1.82, 2.24) is 10.7 Å². The molecule has 2 amide bonds. The molecular weight excluding hydrogens is 608 g/mol. The molecule has 0 saturated heterocycles. The first-order valence-electron chi connectivity index (χ1n) is 14.3. The number of nitrogens with one attached hydrogen (secondary N) is 2. The summed E-state index contributed by atoms with van der Waals surface area (Å²) in [6, 6.07) is 27.2. The van der Waals surface area contributed by atoms with E-state index in [-0.39, 0.29) is 34.9 Å². The third-order valence-electron chi connectivity index (χ3n) is 6.88. The third-order valence-corrected chi connectivity index (χ3v) is 8.65. The van der Waals surface area contributed by atoms with Crippen molar-refractivity contribution in [2.45, 2.75) is 24.8 Å². The Labute approximate surface area is 268 Å². The Hall–Kier alpha value is -5.36. The van der Waals surface area contributed by atoms with E-state index < -0.39 is 22.5 Å². The Bertz CT molecular complexity index is 1760. The van der Waals surface area contributed by atoms with E-state index in [1.165, 1.54) is 38.6 Å². The fourth-order valence-corrected chi connectivity index (χ4v) is 5.80. The van der Waals surface area contributed by atoms with Crippen LogP contribution >= 0.6 is 0 Å². The van der Waals surface area contributed by atoms with Crippen LogP contribution in [-0.2, 0) is 19.6 Å². The lowest BCUT2D eigenvalue weighted by atomic mass is 10.1. The molecule has 46 heavy (non-hydrogen) atoms. The van der Waals surface area contributed by atoms with Gasteiger partial charge in [0.1, 0.15) is 23.8 Å². The summed E-state index contributed by atoms with van der Waals surface area (Å²) in [5, 5.41) is 6.88. The van der Waals surface area contributed by atoms with E-state index in [1.54, 1.807) is 48.5 Å². The second-order valence-corrected chi connectivity index (χ2v) is 12.1. The SMILES string of the molecule is COc1ccc(OC)c(N(CC(=O)N/N=C\c2ccc(OCC(=O)N[C@H](C)c3ccccc3)cc2)S(=O)(=O)c2ccc(C)cc2)c1. The molecule has 0 aliphatic rings. The van der Waals surface area contributed by atoms with Crippen LogP contribution in [0.3, 0.4) is 0 Å². The van der Waals surface area contributed by atoms with Gasteiger partial charge in [-0.2, -0.15) is 5.10 Å². The number of nitrogens with zero attached hydrogens (tertiary/aromatic N) is 2. The number of hydrogen-bond donors (Lipinski definition) is 2. The molecule has 4 rings (SSSR count). The molecule has 0 unspecified atom stereocenters. The molecule has 0 bridgehead atoms. The Morgan fingerprint density at radius 3 is 2.20 bits per heavy atom. The molecule has 4 aromatic rings. The highest BCUT2D eigenvalue weighted by Crippen LogP contribution is 2.35. The maximum atomic E-state index is 13.8. The van der Waals surface area contributed by atoms with Gasteiger partial charge in [0.25, 0.3) is 21.8 Å². The zero-order valence-electron chi connectivity index (χ0n) is 26.0. The molecule has 1 atom stereocenters. The minimum atomic E-state index is -4.20. The molecule has 0 aliphatic carbocycles. The Morgan fingerprint density at radius 1 is 0.870 bits per heavy atom. The maximum Gasteiger partial charge on any atom is 0.264 e. The van der Waals surface area contributed by atoms with Crippen LogP contribution in [0.15, 0.2) is 107 Å². The molecule has 2 N–H and O–H groups in total. The van der Waals surface area contributed by atoms with Gasteiger partial charge in [0.05, 0.1) is 37.1 Å². The van der Waals surface area contributed by atoms with Crippen molar-refractivity contribution >= 4 is 33.7 Å². The van der Waals surface area contributed by atoms with Crippen molar-refractivity contribution in [2.75, 3.05) is 31.7 Å². The molecule has 4 aromatic carbocycles. The van der Waals surface area contributed by atoms with Gasteiger partial charge in [-0.3, -0.25) is 13.9 Å². The quantitative estimate of drug-likeness (QED) is 0.151. The van der Waals surface area contributed by atoms with E-state index in [4.69, 9.17) is 14.2 Å². The third kappa shape index (κ3) is 8.85. The smallest absolute Gasteiger partial charge is 0.264 e. The fraction of sp³-hybridized carbons (Fsp3) is 0.206. The van der Waals surface area contributed by atoms with E-state index >= 15 is 0 Å². The van der Waals surface area contributed by atoms with Gasteiger partial charge < -0.3 is 19.5 Å². The van der Waals surface area contributed by atoms with Crippen LogP contribution in [0.5, 0.6) is 17.2 Å². The predicted octanol–water partition coefficient (Wildman–Crippen LogP) is 4.61. The van der Waals surface area contributed by atoms with Crippen LogP contribution in [0.4, 0.5) is 5.69 Å². The van der Waals surface area contributed by atoms with Crippen LogP contribution in [0.1, 0.15) is 29.7 Å². The summed E-state index contributed by atoms with van der Waals surface area (Å²) in [7, 11) is -1.34. The van der Waals surface area contributed by atoms with E-state index in [2.05, 4.69) is 15.8 Å². The number of hydrogen-bond acceptors (Lipinski definition) is 8. The fourth-order valence-electron chi connectivity index (χ4n) is 4.38. The van der Waals surface area contributed by atoms with Crippen LogP contribution in [0.25, 0.3) is 0 Å². The van der Waals surface area contributed by atoms with Crippen molar-refractivity contribution < 1.29 is 32.2 Å². The number of carbonyl (C=O) groups excluding carboxylic acids is 2. The van der Waals surface area contributed by atoms with Gasteiger partial charge in [0.2, 0.25) is 0 Å². The molecule has 0 saturated carbocycles. The number of carbonyl (C=O) groups is 2. The van der Waals surface area contributed by atoms with Gasteiger partial charge in [-0.1, -0.05) is 48.0 Å². The van der Waals surface area contributed by atoms with Gasteiger partial charge in [0.15, 0.2) is 6.61 Å². The monoisotopic (exact) mass is 644 g/mol. The second kappa shape index (κ2) is 15.6. The van der Waals surface area contributed by atoms with Gasteiger partial charge in [0, 0.05) is 6.07 Å². The zero-order valence-corrected chi connectivity index (χ0v) is 26.8. The number of benzene rings is 4. The van der Waals surface area contributed by atoms with E-state index in [0.717, 1.165) is 15.4 Å². The molecule has 0 aromatic heterocycles. The Kier molecular flexibility index (Phi) is 11.4. The lowest BCUT2D eigenvalue weighted by molar-refractivity contribution is -0.123. The van der Waals surface area contributed by atoms with Crippen molar-refractivity contribution in [3.8, 4) is 17.2 Å². The molecule has 0 spiro atoms. The summed E-state index contributed by atoms with van der Waals surface area (Å²) in [5.41, 5.74) is 5.02. The number of aryl methyl sites for hydroxylation is 1. The number of hydrazone groups is 1. The minimum absolute atomic E-state index is 0.00442. The lowest BCUT2D eigenvalue weighted by Gasteiger charge is -2.25. The van der Waals surface area contributed by atoms with Gasteiger partial charge >= 0.3 is 0 Å². The average molecular weight is 645 g/mol. The summed E-state index contributed by atoms with van der Waals surface area (Å²) >= 11 is 0. The van der Waals surface area contributed by atoms with Gasteiger partial charge in [-0.25, -0.2) is 13.8 Å². The minimum Gasteiger partial charge on any atom is -0.497 e. The number of amides is 2. The molecule has 0 aliphatic heterocycles. The standard InChI is InChI=1S/C34H36N4O7S/c1-24-10-17-30(18-11-24)46(41,42)38(31-20-29(43-3)16-19-32(31)44-4)22-33(39)37-35-21-26-12-14-28(15-13-26)45-23-34(40)36-25(2)27-8-6-5-7-9-27/h5-21,25H,22-23H2,1-4H3,(H,36,40)(H,37,39)/b35-21-/t25-/m1/s1. The number of rotatable bonds is 14. The van der Waals surface area contributed by atoms with Gasteiger partial charge in [-0.05, 0) is 73.5 Å². The Morgan fingerprint density at radius 2 is 1.54 bits per heavy atom. The molecule has 0 heterocycles. The van der Waals surface area contributed by atoms with E-state index in [9.17, 15) is 18.0 Å². The number of ether oxygens (including phenoxy) is 3. The predicted molar refractivity (Wildman–Crippen MR) is 176 cm³/mol. The average Bonchev–Trinajstić information content (AvgIpc) is 3.07. The molecule has 11 nitrogen and oxygen atoms in total. The normalized spacial score (nSPS) is 11.8. The topological polar surface area (TPSA) is 136 Å². The van der Waals surface area contributed by atoms with Crippen molar-refractivity contribution in [1.29, 1.82) is 0 Å². The highest BCUT2D eigenvalue weighted by molar-refractivity contribution is 7.92. The summed E-state index contributed by atoms with van der Waals surface area (Å²) in [6.07, 6.45) is 1.40. The number of anilines is 1. The molecule has 0 fully saturated rings. The van der Waals surface area contributed by atoms with Crippen LogP contribution in [-0.4, -0.2) is 53.8 Å². The highest BCUT2D eigenvalue weighted by atomic mass is 32.2. The van der Waals surface area contributed by atoms with E-state index in [1.807, 2.05) is 44.2 Å². The number of sulfonamides is 1. The zero-order chi connectivity index (χ0) is 33.1. The summed E-state index contributed by atoms with van der Waals surface area (Å²) in [6.45, 7) is 3.00. The second-order valence-electron chi connectivity index (χ2n) is 10.2. The summed E-state index contributed by atoms with van der Waals surface area (Å²) in [5.74, 6) is 0.154. The van der Waals surface area contributed by atoms with Crippen LogP contribution in [0.2, 0.25) is 0 Å². The van der Waals surface area contributed by atoms with Crippen LogP contribution < -0.4 is 29.3 Å². The van der Waals surface area contributed by atoms with Crippen molar-refractivity contribution in [2.24, 2.45) is 5.10 Å².